The number of hydrogen-bond acceptors (Lipinski definition) is 8. The highest BCUT2D eigenvalue weighted by Gasteiger charge is 2.21. The van der Waals surface area contributed by atoms with Crippen molar-refractivity contribution in [1.29, 1.82) is 0 Å². The summed E-state index contributed by atoms with van der Waals surface area (Å²) < 4.78 is 6.41. The Balaban J connectivity index is 1.66. The van der Waals surface area contributed by atoms with Gasteiger partial charge in [0.2, 0.25) is 5.91 Å². The second-order valence-electron chi connectivity index (χ2n) is 6.26. The summed E-state index contributed by atoms with van der Waals surface area (Å²) in [6.07, 6.45) is 0. The highest BCUT2D eigenvalue weighted by Crippen LogP contribution is 2.27. The van der Waals surface area contributed by atoms with Crippen LogP contribution in [0.3, 0.4) is 0 Å². The van der Waals surface area contributed by atoms with Crippen LogP contribution in [0, 0.1) is 0 Å². The van der Waals surface area contributed by atoms with Gasteiger partial charge in [-0.1, -0.05) is 12.1 Å². The quantitative estimate of drug-likeness (QED) is 0.417. The Hall–Kier alpha value is -4.05. The van der Waals surface area contributed by atoms with Crippen molar-refractivity contribution in [2.75, 3.05) is 17.6 Å². The number of rotatable bonds is 6. The summed E-state index contributed by atoms with van der Waals surface area (Å²) in [7, 11) is 0. The zero-order chi connectivity index (χ0) is 20.4. The molecule has 4 aromatic rings. The molecule has 1 amide bonds. The van der Waals surface area contributed by atoms with Gasteiger partial charge in [-0.2, -0.15) is 0 Å². The molecule has 146 valence electrons. The van der Waals surface area contributed by atoms with Crippen LogP contribution in [0.5, 0.6) is 0 Å². The summed E-state index contributed by atoms with van der Waals surface area (Å²) in [6.45, 7) is -0.103. The molecular formula is C19H17N7O3. The zero-order valence-electron chi connectivity index (χ0n) is 15.2. The molecule has 0 atom stereocenters. The molecule has 10 nitrogen and oxygen atoms in total. The smallest absolute Gasteiger partial charge is 0.238 e. The van der Waals surface area contributed by atoms with Crippen LogP contribution in [-0.4, -0.2) is 38.1 Å². The lowest BCUT2D eigenvalue weighted by molar-refractivity contribution is -0.114. The summed E-state index contributed by atoms with van der Waals surface area (Å²) >= 11 is 0. The van der Waals surface area contributed by atoms with Gasteiger partial charge < -0.3 is 21.4 Å². The Labute approximate surface area is 164 Å². The van der Waals surface area contributed by atoms with Crippen molar-refractivity contribution in [2.24, 2.45) is 5.73 Å². The predicted octanol–water partition coefficient (Wildman–Crippen LogP) is 1.45. The van der Waals surface area contributed by atoms with Gasteiger partial charge in [-0.3, -0.25) is 9.59 Å². The van der Waals surface area contributed by atoms with Crippen LogP contribution in [0.2, 0.25) is 0 Å². The Kier molecular flexibility index (Phi) is 4.75. The zero-order valence-corrected chi connectivity index (χ0v) is 15.2. The van der Waals surface area contributed by atoms with Gasteiger partial charge in [-0.25, -0.2) is 9.61 Å². The lowest BCUT2D eigenvalue weighted by Gasteiger charge is -2.08. The number of imidazole rings is 1. The first-order valence-electron chi connectivity index (χ1n) is 8.73. The van der Waals surface area contributed by atoms with E-state index < -0.39 is 0 Å². The lowest BCUT2D eigenvalue weighted by atomic mass is 10.1. The van der Waals surface area contributed by atoms with Crippen molar-refractivity contribution in [2.45, 2.75) is 6.54 Å². The number of para-hydroxylation sites is 2. The molecule has 5 N–H and O–H groups in total. The molecule has 0 bridgehead atoms. The fraction of sp³-hybridized carbons (Fsp3) is 0.105. The van der Waals surface area contributed by atoms with Gasteiger partial charge in [-0.05, 0) is 46.7 Å². The fourth-order valence-corrected chi connectivity index (χ4v) is 2.95. The van der Waals surface area contributed by atoms with E-state index in [2.05, 4.69) is 25.2 Å². The van der Waals surface area contributed by atoms with Crippen molar-refractivity contribution >= 4 is 34.2 Å². The van der Waals surface area contributed by atoms with Crippen molar-refractivity contribution in [3.05, 3.63) is 54.1 Å². The largest absolute Gasteiger partial charge is 0.379 e. The molecule has 29 heavy (non-hydrogen) atoms. The monoisotopic (exact) mass is 391 g/mol. The Bertz CT molecular complexity index is 1190. The first-order valence-corrected chi connectivity index (χ1v) is 8.73. The van der Waals surface area contributed by atoms with Gasteiger partial charge in [0.1, 0.15) is 0 Å². The SMILES string of the molecule is NCC(=O)Nc1ccc(C(=O)Cn2c(-c3nonc3N)nc3ccccc32)cc1. The Morgan fingerprint density at radius 3 is 2.52 bits per heavy atom. The number of ketones is 1. The van der Waals surface area contributed by atoms with E-state index in [9.17, 15) is 9.59 Å². The number of fused-ring (bicyclic) bond motifs is 1. The highest BCUT2D eigenvalue weighted by molar-refractivity contribution is 5.98. The van der Waals surface area contributed by atoms with Crippen LogP contribution in [0.15, 0.2) is 53.2 Å². The third-order valence-corrected chi connectivity index (χ3v) is 4.36. The number of aromatic nitrogens is 4. The Morgan fingerprint density at radius 1 is 1.07 bits per heavy atom. The molecule has 0 unspecified atom stereocenters. The summed E-state index contributed by atoms with van der Waals surface area (Å²) in [5, 5.41) is 10.0. The molecule has 2 aromatic carbocycles. The van der Waals surface area contributed by atoms with E-state index in [1.165, 1.54) is 0 Å². The van der Waals surface area contributed by atoms with Crippen LogP contribution in [0.1, 0.15) is 10.4 Å². The van der Waals surface area contributed by atoms with Crippen LogP contribution >= 0.6 is 0 Å². The molecule has 0 radical (unpaired) electrons. The average Bonchev–Trinajstić information content (AvgIpc) is 3.31. The van der Waals surface area contributed by atoms with Gasteiger partial charge in [0.05, 0.1) is 24.1 Å². The Morgan fingerprint density at radius 2 is 1.83 bits per heavy atom. The standard InChI is InChI=1S/C19H17N7O3/c20-9-16(28)22-12-7-5-11(6-8-12)15(27)10-26-14-4-2-1-3-13(14)23-19(26)17-18(21)25-29-24-17/h1-8H,9-10,20H2,(H2,21,25)(H,22,28). The number of hydrogen-bond donors (Lipinski definition) is 3. The number of carbonyl (C=O) groups excluding carboxylic acids is 2. The molecule has 10 heteroatoms. The number of nitrogen functional groups attached to an aromatic ring is 1. The van der Waals surface area contributed by atoms with Crippen LogP contribution < -0.4 is 16.8 Å². The van der Waals surface area contributed by atoms with Gasteiger partial charge in [0, 0.05) is 11.3 Å². The number of benzene rings is 2. The van der Waals surface area contributed by atoms with E-state index in [1.807, 2.05) is 24.3 Å². The summed E-state index contributed by atoms with van der Waals surface area (Å²) in [4.78, 5) is 28.8. The molecule has 4 rings (SSSR count). The third-order valence-electron chi connectivity index (χ3n) is 4.36. The molecule has 0 fully saturated rings. The van der Waals surface area contributed by atoms with E-state index in [0.717, 1.165) is 5.52 Å². The predicted molar refractivity (Wildman–Crippen MR) is 106 cm³/mol. The molecule has 0 spiro atoms. The number of nitrogens with one attached hydrogen (secondary N) is 1. The summed E-state index contributed by atoms with van der Waals surface area (Å²) in [5.41, 5.74) is 13.9. The van der Waals surface area contributed by atoms with E-state index in [4.69, 9.17) is 11.5 Å². The molecule has 2 heterocycles. The number of nitrogens with two attached hydrogens (primary N) is 2. The van der Waals surface area contributed by atoms with Gasteiger partial charge in [0.15, 0.2) is 23.1 Å². The molecule has 0 saturated heterocycles. The second kappa shape index (κ2) is 7.52. The number of anilines is 2. The van der Waals surface area contributed by atoms with E-state index in [0.29, 0.717) is 22.6 Å². The number of Topliss-reactive ketones (excluding diaryl/α,β-unsaturated/α-hetero) is 1. The van der Waals surface area contributed by atoms with Gasteiger partial charge >= 0.3 is 0 Å². The topological polar surface area (TPSA) is 155 Å². The maximum Gasteiger partial charge on any atom is 0.238 e. The minimum absolute atomic E-state index is 0.0106. The van der Waals surface area contributed by atoms with Gasteiger partial charge in [-0.15, -0.1) is 0 Å². The first kappa shape index (κ1) is 18.3. The van der Waals surface area contributed by atoms with E-state index >= 15 is 0 Å². The molecule has 2 aromatic heterocycles. The first-order chi connectivity index (χ1) is 14.1. The van der Waals surface area contributed by atoms with Gasteiger partial charge in [0.25, 0.3) is 0 Å². The van der Waals surface area contributed by atoms with Crippen molar-refractivity contribution in [1.82, 2.24) is 19.9 Å². The summed E-state index contributed by atoms with van der Waals surface area (Å²) in [6, 6.07) is 14.0. The minimum Gasteiger partial charge on any atom is -0.379 e. The number of amides is 1. The molecular weight excluding hydrogens is 374 g/mol. The van der Waals surface area contributed by atoms with E-state index in [1.54, 1.807) is 28.8 Å². The second-order valence-corrected chi connectivity index (χ2v) is 6.26. The molecule has 0 aliphatic heterocycles. The average molecular weight is 391 g/mol. The normalized spacial score (nSPS) is 10.9. The third kappa shape index (κ3) is 3.56. The van der Waals surface area contributed by atoms with Crippen molar-refractivity contribution in [3.63, 3.8) is 0 Å². The van der Waals surface area contributed by atoms with Crippen LogP contribution in [-0.2, 0) is 11.3 Å². The highest BCUT2D eigenvalue weighted by atomic mass is 16.6. The van der Waals surface area contributed by atoms with Crippen molar-refractivity contribution in [3.8, 4) is 11.5 Å². The maximum absolute atomic E-state index is 12.9. The molecule has 0 saturated carbocycles. The van der Waals surface area contributed by atoms with Crippen LogP contribution in [0.4, 0.5) is 11.5 Å². The van der Waals surface area contributed by atoms with Crippen LogP contribution in [0.25, 0.3) is 22.6 Å². The minimum atomic E-state index is -0.308. The number of nitrogens with zero attached hydrogens (tertiary/aromatic N) is 4. The lowest BCUT2D eigenvalue weighted by Crippen LogP contribution is -2.21. The molecule has 0 aliphatic rings. The van der Waals surface area contributed by atoms with E-state index in [-0.39, 0.29) is 36.3 Å². The number of carbonyl (C=O) groups is 2. The fourth-order valence-electron chi connectivity index (χ4n) is 2.95. The molecule has 0 aliphatic carbocycles. The maximum atomic E-state index is 12.9. The summed E-state index contributed by atoms with van der Waals surface area (Å²) in [5.74, 6) is 0.0256. The van der Waals surface area contributed by atoms with Crippen molar-refractivity contribution < 1.29 is 14.2 Å².